The number of rotatable bonds is 5. The number of aliphatic hydroxyl groups is 1. The first-order valence-corrected chi connectivity index (χ1v) is 5.52. The number of aromatic nitrogens is 1. The van der Waals surface area contributed by atoms with Crippen LogP contribution >= 0.6 is 11.3 Å². The number of nitrogens with one attached hydrogen (secondary N) is 1. The molecule has 1 aromatic heterocycles. The van der Waals surface area contributed by atoms with Crippen molar-refractivity contribution in [1.29, 1.82) is 0 Å². The van der Waals surface area contributed by atoms with Gasteiger partial charge in [0.15, 0.2) is 0 Å². The normalized spacial score (nSPS) is 12.4. The average Bonchev–Trinajstić information content (AvgIpc) is 2.67. The molecular formula is C9H14N2O2S. The summed E-state index contributed by atoms with van der Waals surface area (Å²) in [5.74, 6) is -0.221. The SMILES string of the molecule is CCCC(O)CNC(=O)c1cscn1. The topological polar surface area (TPSA) is 62.2 Å². The van der Waals surface area contributed by atoms with E-state index in [0.717, 1.165) is 6.42 Å². The van der Waals surface area contributed by atoms with Gasteiger partial charge in [-0.25, -0.2) is 4.98 Å². The molecule has 0 aromatic carbocycles. The number of amides is 1. The van der Waals surface area contributed by atoms with Gasteiger partial charge in [0.25, 0.3) is 5.91 Å². The largest absolute Gasteiger partial charge is 0.391 e. The van der Waals surface area contributed by atoms with Crippen molar-refractivity contribution in [1.82, 2.24) is 10.3 Å². The Balaban J connectivity index is 2.28. The van der Waals surface area contributed by atoms with E-state index in [9.17, 15) is 9.90 Å². The van der Waals surface area contributed by atoms with Crippen LogP contribution in [0.3, 0.4) is 0 Å². The molecule has 0 saturated heterocycles. The number of nitrogens with zero attached hydrogens (tertiary/aromatic N) is 1. The summed E-state index contributed by atoms with van der Waals surface area (Å²) in [6, 6.07) is 0. The molecule has 0 saturated carbocycles. The molecule has 0 fully saturated rings. The molecule has 4 nitrogen and oxygen atoms in total. The Bertz CT molecular complexity index is 274. The van der Waals surface area contributed by atoms with E-state index in [1.54, 1.807) is 10.9 Å². The van der Waals surface area contributed by atoms with Crippen molar-refractivity contribution in [2.24, 2.45) is 0 Å². The summed E-state index contributed by atoms with van der Waals surface area (Å²) in [6.45, 7) is 2.29. The minimum atomic E-state index is -0.456. The maximum Gasteiger partial charge on any atom is 0.270 e. The van der Waals surface area contributed by atoms with Crippen molar-refractivity contribution in [2.75, 3.05) is 6.54 Å². The van der Waals surface area contributed by atoms with E-state index in [1.165, 1.54) is 11.3 Å². The summed E-state index contributed by atoms with van der Waals surface area (Å²) in [7, 11) is 0. The molecule has 1 atom stereocenters. The molecule has 1 unspecified atom stereocenters. The van der Waals surface area contributed by atoms with Crippen molar-refractivity contribution in [3.05, 3.63) is 16.6 Å². The van der Waals surface area contributed by atoms with Crippen LogP contribution in [0.1, 0.15) is 30.3 Å². The van der Waals surface area contributed by atoms with Gasteiger partial charge in [-0.3, -0.25) is 4.79 Å². The molecule has 1 aromatic rings. The second-order valence-electron chi connectivity index (χ2n) is 3.03. The zero-order valence-corrected chi connectivity index (χ0v) is 8.88. The fourth-order valence-electron chi connectivity index (χ4n) is 1.06. The van der Waals surface area contributed by atoms with E-state index in [1.807, 2.05) is 6.92 Å². The van der Waals surface area contributed by atoms with E-state index in [4.69, 9.17) is 0 Å². The van der Waals surface area contributed by atoms with Crippen LogP contribution in [0.4, 0.5) is 0 Å². The van der Waals surface area contributed by atoms with E-state index >= 15 is 0 Å². The fourth-order valence-corrected chi connectivity index (χ4v) is 1.59. The summed E-state index contributed by atoms with van der Waals surface area (Å²) < 4.78 is 0. The van der Waals surface area contributed by atoms with E-state index in [2.05, 4.69) is 10.3 Å². The van der Waals surface area contributed by atoms with Gasteiger partial charge < -0.3 is 10.4 Å². The molecule has 14 heavy (non-hydrogen) atoms. The molecule has 2 N–H and O–H groups in total. The molecule has 0 bridgehead atoms. The lowest BCUT2D eigenvalue weighted by atomic mass is 10.2. The summed E-state index contributed by atoms with van der Waals surface area (Å²) in [6.07, 6.45) is 1.16. The van der Waals surface area contributed by atoms with Crippen LogP contribution in [0.5, 0.6) is 0 Å². The van der Waals surface area contributed by atoms with Gasteiger partial charge in [-0.15, -0.1) is 11.3 Å². The van der Waals surface area contributed by atoms with E-state index < -0.39 is 6.10 Å². The molecule has 0 radical (unpaired) electrons. The Labute approximate surface area is 87.0 Å². The van der Waals surface area contributed by atoms with Gasteiger partial charge in [0.1, 0.15) is 5.69 Å². The lowest BCUT2D eigenvalue weighted by Crippen LogP contribution is -2.32. The first-order valence-electron chi connectivity index (χ1n) is 4.58. The smallest absolute Gasteiger partial charge is 0.270 e. The van der Waals surface area contributed by atoms with Crippen LogP contribution in [-0.4, -0.2) is 28.6 Å². The third kappa shape index (κ3) is 3.43. The second kappa shape index (κ2) is 5.72. The molecule has 0 aliphatic rings. The quantitative estimate of drug-likeness (QED) is 0.769. The number of carbonyl (C=O) groups excluding carboxylic acids is 1. The average molecular weight is 214 g/mol. The third-order valence-corrected chi connectivity index (χ3v) is 2.37. The van der Waals surface area contributed by atoms with Crippen LogP contribution < -0.4 is 5.32 Å². The highest BCUT2D eigenvalue weighted by Gasteiger charge is 2.09. The van der Waals surface area contributed by atoms with Crippen LogP contribution in [0.25, 0.3) is 0 Å². The minimum absolute atomic E-state index is 0.221. The van der Waals surface area contributed by atoms with Crippen molar-refractivity contribution < 1.29 is 9.90 Å². The first kappa shape index (κ1) is 11.1. The lowest BCUT2D eigenvalue weighted by molar-refractivity contribution is 0.0906. The maximum atomic E-state index is 11.3. The van der Waals surface area contributed by atoms with Crippen LogP contribution in [-0.2, 0) is 0 Å². The molecule has 78 valence electrons. The third-order valence-electron chi connectivity index (χ3n) is 1.79. The number of hydrogen-bond acceptors (Lipinski definition) is 4. The highest BCUT2D eigenvalue weighted by molar-refractivity contribution is 7.07. The summed E-state index contributed by atoms with van der Waals surface area (Å²) in [5, 5.41) is 13.7. The highest BCUT2D eigenvalue weighted by atomic mass is 32.1. The zero-order valence-electron chi connectivity index (χ0n) is 8.06. The Morgan fingerprint density at radius 3 is 3.14 bits per heavy atom. The number of thiazole rings is 1. The van der Waals surface area contributed by atoms with Gasteiger partial charge in [-0.1, -0.05) is 13.3 Å². The lowest BCUT2D eigenvalue weighted by Gasteiger charge is -2.09. The Morgan fingerprint density at radius 2 is 2.57 bits per heavy atom. The molecule has 1 heterocycles. The standard InChI is InChI=1S/C9H14N2O2S/c1-2-3-7(12)4-10-9(13)8-5-14-6-11-8/h5-7,12H,2-4H2,1H3,(H,10,13). The van der Waals surface area contributed by atoms with Gasteiger partial charge in [0.2, 0.25) is 0 Å². The van der Waals surface area contributed by atoms with Crippen molar-refractivity contribution in [2.45, 2.75) is 25.9 Å². The molecule has 0 aliphatic heterocycles. The maximum absolute atomic E-state index is 11.3. The minimum Gasteiger partial charge on any atom is -0.391 e. The van der Waals surface area contributed by atoms with Crippen LogP contribution in [0, 0.1) is 0 Å². The zero-order chi connectivity index (χ0) is 10.4. The Kier molecular flexibility index (Phi) is 4.55. The highest BCUT2D eigenvalue weighted by Crippen LogP contribution is 2.00. The first-order chi connectivity index (χ1) is 6.74. The number of aliphatic hydroxyl groups excluding tert-OH is 1. The van der Waals surface area contributed by atoms with Gasteiger partial charge in [-0.05, 0) is 6.42 Å². The predicted octanol–water partition coefficient (Wildman–Crippen LogP) is 1.03. The van der Waals surface area contributed by atoms with Crippen LogP contribution in [0.15, 0.2) is 10.9 Å². The van der Waals surface area contributed by atoms with E-state index in [-0.39, 0.29) is 5.91 Å². The summed E-state index contributed by atoms with van der Waals surface area (Å²) in [4.78, 5) is 15.2. The Hall–Kier alpha value is -0.940. The predicted molar refractivity (Wildman–Crippen MR) is 55.4 cm³/mol. The molecular weight excluding hydrogens is 200 g/mol. The molecule has 1 rings (SSSR count). The van der Waals surface area contributed by atoms with Crippen molar-refractivity contribution in [3.8, 4) is 0 Å². The number of carbonyl (C=O) groups is 1. The van der Waals surface area contributed by atoms with Crippen LogP contribution in [0.2, 0.25) is 0 Å². The monoisotopic (exact) mass is 214 g/mol. The molecule has 5 heteroatoms. The van der Waals surface area contributed by atoms with Gasteiger partial charge in [0.05, 0.1) is 11.6 Å². The van der Waals surface area contributed by atoms with Gasteiger partial charge >= 0.3 is 0 Å². The van der Waals surface area contributed by atoms with Crippen molar-refractivity contribution >= 4 is 17.2 Å². The molecule has 0 spiro atoms. The summed E-state index contributed by atoms with van der Waals surface area (Å²) in [5.41, 5.74) is 2.02. The summed E-state index contributed by atoms with van der Waals surface area (Å²) >= 11 is 1.38. The second-order valence-corrected chi connectivity index (χ2v) is 3.74. The van der Waals surface area contributed by atoms with Gasteiger partial charge in [-0.2, -0.15) is 0 Å². The van der Waals surface area contributed by atoms with Gasteiger partial charge in [0, 0.05) is 11.9 Å². The van der Waals surface area contributed by atoms with Crippen molar-refractivity contribution in [3.63, 3.8) is 0 Å². The Morgan fingerprint density at radius 1 is 1.79 bits per heavy atom. The number of hydrogen-bond donors (Lipinski definition) is 2. The fraction of sp³-hybridized carbons (Fsp3) is 0.556. The molecule has 1 amide bonds. The molecule has 0 aliphatic carbocycles. The van der Waals surface area contributed by atoms with E-state index in [0.29, 0.717) is 18.7 Å².